The van der Waals surface area contributed by atoms with Crippen molar-refractivity contribution in [2.75, 3.05) is 12.4 Å². The predicted octanol–water partition coefficient (Wildman–Crippen LogP) is 2.15. The van der Waals surface area contributed by atoms with Gasteiger partial charge in [-0.2, -0.15) is 0 Å². The molecule has 0 saturated carbocycles. The average molecular weight is 419 g/mol. The normalized spacial score (nSPS) is 13.8. The van der Waals surface area contributed by atoms with E-state index in [9.17, 15) is 19.2 Å². The van der Waals surface area contributed by atoms with Crippen molar-refractivity contribution in [1.82, 2.24) is 9.55 Å². The van der Waals surface area contributed by atoms with Gasteiger partial charge in [-0.15, -0.1) is 0 Å². The van der Waals surface area contributed by atoms with Gasteiger partial charge in [-0.1, -0.05) is 12.1 Å². The number of anilines is 1. The Balaban J connectivity index is 1.72. The van der Waals surface area contributed by atoms with Crippen LogP contribution in [0.3, 0.4) is 0 Å². The molecule has 156 valence electrons. The van der Waals surface area contributed by atoms with Gasteiger partial charge >= 0.3 is 17.8 Å². The summed E-state index contributed by atoms with van der Waals surface area (Å²) in [6.07, 6.45) is 2.51. The van der Waals surface area contributed by atoms with Gasteiger partial charge in [0.2, 0.25) is 0 Å². The monoisotopic (exact) mass is 419 g/mol. The van der Waals surface area contributed by atoms with Gasteiger partial charge in [-0.3, -0.25) is 14.2 Å². The lowest BCUT2D eigenvalue weighted by atomic mass is 10.1. The zero-order valence-corrected chi connectivity index (χ0v) is 16.4. The molecular weight excluding hydrogens is 402 g/mol. The number of esters is 1. The fourth-order valence-corrected chi connectivity index (χ4v) is 3.45. The maximum atomic E-state index is 12.9. The summed E-state index contributed by atoms with van der Waals surface area (Å²) in [5, 5.41) is 11.4. The molecule has 0 saturated heterocycles. The minimum absolute atomic E-state index is 0.208. The van der Waals surface area contributed by atoms with E-state index in [1.807, 2.05) is 6.08 Å². The predicted molar refractivity (Wildman–Crippen MR) is 113 cm³/mol. The maximum absolute atomic E-state index is 12.9. The Morgan fingerprint density at radius 2 is 1.90 bits per heavy atom. The molecule has 0 unspecified atom stereocenters. The summed E-state index contributed by atoms with van der Waals surface area (Å²) in [6.45, 7) is 0.487. The molecule has 2 aromatic carbocycles. The van der Waals surface area contributed by atoms with E-state index in [1.165, 1.54) is 25.3 Å². The van der Waals surface area contributed by atoms with Crippen molar-refractivity contribution in [1.29, 1.82) is 0 Å². The molecule has 9 heteroatoms. The Labute approximate surface area is 175 Å². The van der Waals surface area contributed by atoms with Crippen molar-refractivity contribution in [3.8, 4) is 0 Å². The Kier molecular flexibility index (Phi) is 5.08. The lowest BCUT2D eigenvalue weighted by molar-refractivity contribution is -0.147. The number of fused-ring (bicyclic) bond motifs is 2. The summed E-state index contributed by atoms with van der Waals surface area (Å²) in [5.41, 5.74) is 2.51. The molecule has 1 amide bonds. The van der Waals surface area contributed by atoms with E-state index in [1.54, 1.807) is 28.8 Å². The van der Waals surface area contributed by atoms with Crippen LogP contribution in [0, 0.1) is 0 Å². The summed E-state index contributed by atoms with van der Waals surface area (Å²) < 4.78 is 6.29. The fourth-order valence-electron chi connectivity index (χ4n) is 3.45. The molecule has 31 heavy (non-hydrogen) atoms. The lowest BCUT2D eigenvalue weighted by Crippen LogP contribution is -2.23. The van der Waals surface area contributed by atoms with Gasteiger partial charge in [0.25, 0.3) is 5.56 Å². The number of amides is 1. The van der Waals surface area contributed by atoms with Gasteiger partial charge in [0, 0.05) is 12.2 Å². The summed E-state index contributed by atoms with van der Waals surface area (Å²) in [4.78, 5) is 51.2. The number of aliphatic carboxylic acids is 1. The first-order valence-electron chi connectivity index (χ1n) is 9.35. The highest BCUT2D eigenvalue weighted by atomic mass is 16.5. The highest BCUT2D eigenvalue weighted by molar-refractivity contribution is 6.36. The number of hydrogen-bond acceptors (Lipinski definition) is 6. The third kappa shape index (κ3) is 3.80. The molecule has 1 aliphatic heterocycles. The Hall–Kier alpha value is -4.27. The minimum atomic E-state index is -1.61. The number of rotatable bonds is 3. The van der Waals surface area contributed by atoms with Crippen molar-refractivity contribution in [3.63, 3.8) is 0 Å². The summed E-state index contributed by atoms with van der Waals surface area (Å²) >= 11 is 0. The van der Waals surface area contributed by atoms with Crippen molar-refractivity contribution in [2.45, 2.75) is 13.0 Å². The number of carboxylic acids is 1. The quantitative estimate of drug-likeness (QED) is 0.492. The largest absolute Gasteiger partial charge is 0.474 e. The second-order valence-corrected chi connectivity index (χ2v) is 6.92. The number of benzene rings is 2. The second-order valence-electron chi connectivity index (χ2n) is 6.92. The zero-order valence-electron chi connectivity index (χ0n) is 16.4. The molecule has 0 aliphatic carbocycles. The van der Waals surface area contributed by atoms with E-state index >= 15 is 0 Å². The number of methoxy groups -OCH3 is 1. The van der Waals surface area contributed by atoms with Crippen LogP contribution in [-0.4, -0.2) is 39.6 Å². The van der Waals surface area contributed by atoms with E-state index < -0.39 is 17.8 Å². The number of nitrogens with one attached hydrogen (secondary N) is 1. The lowest BCUT2D eigenvalue weighted by Gasteiger charge is -2.08. The van der Waals surface area contributed by atoms with E-state index in [0.29, 0.717) is 35.3 Å². The fraction of sp³-hybridized carbons (Fsp3) is 0.136. The first kappa shape index (κ1) is 20.0. The van der Waals surface area contributed by atoms with Crippen LogP contribution in [0.4, 0.5) is 5.69 Å². The molecule has 9 nitrogen and oxygen atoms in total. The molecule has 0 spiro atoms. The number of carboxylic acid groups (broad SMARTS) is 1. The van der Waals surface area contributed by atoms with Gasteiger partial charge in [0.1, 0.15) is 5.82 Å². The molecule has 2 N–H and O–H groups in total. The number of hydrogen-bond donors (Lipinski definition) is 2. The first-order chi connectivity index (χ1) is 14.9. The molecule has 3 aromatic rings. The van der Waals surface area contributed by atoms with Crippen LogP contribution in [0.1, 0.15) is 28.2 Å². The third-order valence-electron chi connectivity index (χ3n) is 4.97. The van der Waals surface area contributed by atoms with E-state index in [0.717, 1.165) is 11.1 Å². The van der Waals surface area contributed by atoms with E-state index in [4.69, 9.17) is 9.84 Å². The highest BCUT2D eigenvalue weighted by Gasteiger charge is 2.21. The molecule has 1 aliphatic rings. The summed E-state index contributed by atoms with van der Waals surface area (Å²) in [5.74, 6) is -2.69. The number of carbonyl (C=O) groups is 3. The molecule has 0 bridgehead atoms. The number of ether oxygens (including phenoxy) is 1. The van der Waals surface area contributed by atoms with Crippen LogP contribution in [0.25, 0.3) is 22.6 Å². The molecular formula is C22H17N3O6. The molecule has 0 atom stereocenters. The molecule has 0 radical (unpaired) electrons. The van der Waals surface area contributed by atoms with Crippen molar-refractivity contribution in [2.24, 2.45) is 0 Å². The van der Waals surface area contributed by atoms with Crippen molar-refractivity contribution >= 4 is 46.1 Å². The Morgan fingerprint density at radius 1 is 1.16 bits per heavy atom. The van der Waals surface area contributed by atoms with Crippen LogP contribution in [0.2, 0.25) is 0 Å². The average Bonchev–Trinajstić information content (AvgIpc) is 3.16. The van der Waals surface area contributed by atoms with Crippen LogP contribution < -0.4 is 10.9 Å². The van der Waals surface area contributed by atoms with Gasteiger partial charge in [-0.05, 0) is 54.0 Å². The van der Waals surface area contributed by atoms with Crippen LogP contribution in [0.5, 0.6) is 0 Å². The van der Waals surface area contributed by atoms with Crippen LogP contribution >= 0.6 is 0 Å². The van der Waals surface area contributed by atoms with Crippen molar-refractivity contribution in [3.05, 3.63) is 69.8 Å². The highest BCUT2D eigenvalue weighted by Crippen LogP contribution is 2.28. The molecule has 1 aromatic heterocycles. The van der Waals surface area contributed by atoms with Crippen LogP contribution in [0.15, 0.2) is 47.3 Å². The third-order valence-corrected chi connectivity index (χ3v) is 4.97. The van der Waals surface area contributed by atoms with Crippen molar-refractivity contribution < 1.29 is 24.2 Å². The standard InChI is InChI=1S/C22H17N3O6/c1-31-22(30)13-4-2-12(3-5-13)10-14-8-9-25-18(14)24-17-11-15(23-19(26)21(28)29)6-7-16(17)20(25)27/h2-7,10-11H,8-9H2,1H3,(H,23,26)(H,28,29)/b14-10+. The van der Waals surface area contributed by atoms with Gasteiger partial charge in [0.15, 0.2) is 0 Å². The Morgan fingerprint density at radius 3 is 2.58 bits per heavy atom. The summed E-state index contributed by atoms with van der Waals surface area (Å²) in [7, 11) is 1.32. The SMILES string of the molecule is COC(=O)c1ccc(/C=C2\CCn3c2nc2cc(NC(=O)C(=O)O)ccc2c3=O)cc1. The second kappa shape index (κ2) is 7.86. The zero-order chi connectivity index (χ0) is 22.1. The van der Waals surface area contributed by atoms with Crippen LogP contribution in [-0.2, 0) is 20.9 Å². The van der Waals surface area contributed by atoms with Gasteiger partial charge < -0.3 is 15.2 Å². The van der Waals surface area contributed by atoms with Gasteiger partial charge in [-0.25, -0.2) is 14.6 Å². The first-order valence-corrected chi connectivity index (χ1v) is 9.35. The summed E-state index contributed by atoms with van der Waals surface area (Å²) in [6, 6.07) is 11.3. The number of allylic oxidation sites excluding steroid dienone is 1. The van der Waals surface area contributed by atoms with Gasteiger partial charge in [0.05, 0.1) is 23.6 Å². The molecule has 0 fully saturated rings. The smallest absolute Gasteiger partial charge is 0.394 e. The van der Waals surface area contributed by atoms with E-state index in [2.05, 4.69) is 10.3 Å². The molecule has 4 rings (SSSR count). The number of aromatic nitrogens is 2. The number of nitrogens with zero attached hydrogens (tertiary/aromatic N) is 2. The number of carbonyl (C=O) groups excluding carboxylic acids is 2. The maximum Gasteiger partial charge on any atom is 0.394 e. The molecule has 2 heterocycles. The minimum Gasteiger partial charge on any atom is -0.474 e. The topological polar surface area (TPSA) is 128 Å². The van der Waals surface area contributed by atoms with E-state index in [-0.39, 0.29) is 11.2 Å². The Bertz CT molecular complexity index is 1320.